The number of allylic oxidation sites excluding steroid dienone is 2. The minimum Gasteiger partial charge on any atom is -0.486 e. The number of ether oxygens (including phenoxy) is 1. The van der Waals surface area contributed by atoms with Crippen LogP contribution in [0, 0.1) is 23.7 Å². The van der Waals surface area contributed by atoms with Gasteiger partial charge in [-0.2, -0.15) is 10.1 Å². The molecule has 0 spiro atoms. The van der Waals surface area contributed by atoms with Gasteiger partial charge in [0.25, 0.3) is 11.8 Å². The number of amides is 2. The van der Waals surface area contributed by atoms with Crippen LogP contribution in [0.1, 0.15) is 17.5 Å². The molecule has 1 saturated carbocycles. The molecule has 5 rings (SSSR count). The SMILES string of the molecule is O=C1[C@@H]2[C@H](C(=O)N1N=Cc1cc(Cl)c(OCc3ccc(Cl)cc3)c(Br)c1)[C@H]1C=C[C@H]2C1. The molecule has 3 aliphatic rings. The summed E-state index contributed by atoms with van der Waals surface area (Å²) >= 11 is 15.8. The van der Waals surface area contributed by atoms with E-state index in [4.69, 9.17) is 27.9 Å². The highest BCUT2D eigenvalue weighted by molar-refractivity contribution is 9.10. The molecule has 0 unspecified atom stereocenters. The third-order valence-corrected chi connectivity index (χ3v) is 7.21. The van der Waals surface area contributed by atoms with E-state index in [0.717, 1.165) is 17.0 Å². The molecule has 2 aromatic carbocycles. The van der Waals surface area contributed by atoms with Crippen molar-refractivity contribution in [2.45, 2.75) is 13.0 Å². The number of benzene rings is 2. The van der Waals surface area contributed by atoms with Gasteiger partial charge in [0.05, 0.1) is 27.5 Å². The molecule has 2 amide bonds. The van der Waals surface area contributed by atoms with E-state index in [1.165, 1.54) is 6.21 Å². The summed E-state index contributed by atoms with van der Waals surface area (Å²) in [5, 5.41) is 6.27. The Morgan fingerprint density at radius 3 is 2.32 bits per heavy atom. The standard InChI is InChI=1S/C23H17BrCl2N2O3/c24-17-7-13(8-18(26)21(17)31-11-12-1-5-16(25)6-2-12)10-27-28-22(29)19-14-3-4-15(9-14)20(19)23(28)30/h1-8,10,14-15,19-20H,9,11H2/t14-,15-,19-,20+/m0/s1. The van der Waals surface area contributed by atoms with Gasteiger partial charge in [-0.15, -0.1) is 0 Å². The van der Waals surface area contributed by atoms with Crippen molar-refractivity contribution in [3.63, 3.8) is 0 Å². The summed E-state index contributed by atoms with van der Waals surface area (Å²) in [6.07, 6.45) is 6.49. The number of nitrogens with zero attached hydrogens (tertiary/aromatic N) is 2. The van der Waals surface area contributed by atoms with Crippen LogP contribution in [0.4, 0.5) is 0 Å². The quantitative estimate of drug-likeness (QED) is 0.298. The van der Waals surface area contributed by atoms with Crippen LogP contribution in [0.3, 0.4) is 0 Å². The zero-order valence-corrected chi connectivity index (χ0v) is 19.3. The zero-order chi connectivity index (χ0) is 21.7. The van der Waals surface area contributed by atoms with Crippen molar-refractivity contribution in [2.24, 2.45) is 28.8 Å². The average Bonchev–Trinajstić information content (AvgIpc) is 3.42. The Labute approximate surface area is 197 Å². The van der Waals surface area contributed by atoms with E-state index in [9.17, 15) is 9.59 Å². The van der Waals surface area contributed by atoms with Gasteiger partial charge in [0.1, 0.15) is 6.61 Å². The van der Waals surface area contributed by atoms with E-state index in [1.807, 2.05) is 12.1 Å². The van der Waals surface area contributed by atoms with Gasteiger partial charge in [-0.3, -0.25) is 9.59 Å². The van der Waals surface area contributed by atoms with Crippen LogP contribution in [0.15, 0.2) is 58.1 Å². The van der Waals surface area contributed by atoms with Crippen LogP contribution in [0.5, 0.6) is 5.75 Å². The van der Waals surface area contributed by atoms with Crippen molar-refractivity contribution in [2.75, 3.05) is 0 Å². The predicted octanol–water partition coefficient (Wildman–Crippen LogP) is 5.48. The third kappa shape index (κ3) is 3.71. The number of fused-ring (bicyclic) bond motifs is 5. The second kappa shape index (κ2) is 8.08. The van der Waals surface area contributed by atoms with Crippen molar-refractivity contribution < 1.29 is 14.3 Å². The molecule has 2 bridgehead atoms. The van der Waals surface area contributed by atoms with Crippen molar-refractivity contribution in [3.05, 3.63) is 74.2 Å². The Morgan fingerprint density at radius 2 is 1.71 bits per heavy atom. The lowest BCUT2D eigenvalue weighted by Gasteiger charge is -2.13. The molecular formula is C23H17BrCl2N2O3. The lowest BCUT2D eigenvalue weighted by Crippen LogP contribution is -2.28. The first-order valence-electron chi connectivity index (χ1n) is 9.89. The van der Waals surface area contributed by atoms with Gasteiger partial charge in [-0.1, -0.05) is 47.5 Å². The van der Waals surface area contributed by atoms with Gasteiger partial charge in [0.2, 0.25) is 0 Å². The van der Waals surface area contributed by atoms with Gasteiger partial charge in [-0.05, 0) is 69.6 Å². The molecular weight excluding hydrogens is 503 g/mol. The maximum absolute atomic E-state index is 12.7. The highest BCUT2D eigenvalue weighted by atomic mass is 79.9. The lowest BCUT2D eigenvalue weighted by molar-refractivity contribution is -0.140. The van der Waals surface area contributed by atoms with Crippen molar-refractivity contribution in [1.82, 2.24) is 5.01 Å². The Hall–Kier alpha value is -2.15. The fourth-order valence-electron chi connectivity index (χ4n) is 4.65. The molecule has 1 saturated heterocycles. The first-order chi connectivity index (χ1) is 14.9. The maximum Gasteiger partial charge on any atom is 0.254 e. The fourth-order valence-corrected chi connectivity index (χ4v) is 5.77. The maximum atomic E-state index is 12.7. The molecule has 0 N–H and O–H groups in total. The molecule has 0 aromatic heterocycles. The van der Waals surface area contributed by atoms with Crippen LogP contribution in [0.2, 0.25) is 10.0 Å². The topological polar surface area (TPSA) is 59.0 Å². The Kier molecular flexibility index (Phi) is 5.40. The normalized spacial score (nSPS) is 26.4. The minimum atomic E-state index is -0.265. The molecule has 2 fully saturated rings. The molecule has 2 aliphatic carbocycles. The second-order valence-electron chi connectivity index (χ2n) is 7.96. The van der Waals surface area contributed by atoms with Gasteiger partial charge in [0, 0.05) is 5.02 Å². The van der Waals surface area contributed by atoms with E-state index in [1.54, 1.807) is 24.3 Å². The number of hydrazone groups is 1. The molecule has 31 heavy (non-hydrogen) atoms. The first-order valence-corrected chi connectivity index (χ1v) is 11.4. The number of rotatable bonds is 5. The van der Waals surface area contributed by atoms with Crippen LogP contribution in [0.25, 0.3) is 0 Å². The number of carbonyl (C=O) groups is 2. The summed E-state index contributed by atoms with van der Waals surface area (Å²) in [6, 6.07) is 10.8. The summed E-state index contributed by atoms with van der Waals surface area (Å²) < 4.78 is 6.50. The fraction of sp³-hybridized carbons (Fsp3) is 0.261. The van der Waals surface area contributed by atoms with Gasteiger partial charge in [-0.25, -0.2) is 0 Å². The Morgan fingerprint density at radius 1 is 1.06 bits per heavy atom. The summed E-state index contributed by atoms with van der Waals surface area (Å²) in [7, 11) is 0. The molecule has 4 atom stereocenters. The van der Waals surface area contributed by atoms with E-state index < -0.39 is 0 Å². The summed E-state index contributed by atoms with van der Waals surface area (Å²) in [6.45, 7) is 0.332. The van der Waals surface area contributed by atoms with Crippen LogP contribution in [-0.2, 0) is 16.2 Å². The number of carbonyl (C=O) groups excluding carboxylic acids is 2. The summed E-state index contributed by atoms with van der Waals surface area (Å²) in [5.74, 6) is -0.136. The van der Waals surface area contributed by atoms with Crippen molar-refractivity contribution in [1.29, 1.82) is 0 Å². The van der Waals surface area contributed by atoms with E-state index in [2.05, 4.69) is 33.2 Å². The Balaban J connectivity index is 1.30. The first kappa shape index (κ1) is 20.7. The smallest absolute Gasteiger partial charge is 0.254 e. The molecule has 2 aromatic rings. The number of hydrogen-bond acceptors (Lipinski definition) is 4. The van der Waals surface area contributed by atoms with E-state index in [-0.39, 0.29) is 35.5 Å². The van der Waals surface area contributed by atoms with Gasteiger partial charge >= 0.3 is 0 Å². The van der Waals surface area contributed by atoms with Crippen LogP contribution in [-0.4, -0.2) is 23.0 Å². The molecule has 0 radical (unpaired) electrons. The molecule has 158 valence electrons. The van der Waals surface area contributed by atoms with Gasteiger partial charge in [0.15, 0.2) is 5.75 Å². The average molecular weight is 520 g/mol. The summed E-state index contributed by atoms with van der Waals surface area (Å²) in [4.78, 5) is 25.5. The van der Waals surface area contributed by atoms with Gasteiger partial charge < -0.3 is 4.74 Å². The van der Waals surface area contributed by atoms with E-state index in [0.29, 0.717) is 32.4 Å². The Bertz CT molecular complexity index is 1080. The molecule has 1 aliphatic heterocycles. The molecule has 8 heteroatoms. The molecule has 5 nitrogen and oxygen atoms in total. The monoisotopic (exact) mass is 518 g/mol. The highest BCUT2D eigenvalue weighted by Crippen LogP contribution is 2.52. The number of imide groups is 1. The summed E-state index contributed by atoms with van der Waals surface area (Å²) in [5.41, 5.74) is 1.60. The number of hydrogen-bond donors (Lipinski definition) is 0. The lowest BCUT2D eigenvalue weighted by atomic mass is 9.85. The molecule has 1 heterocycles. The van der Waals surface area contributed by atoms with Crippen LogP contribution >= 0.6 is 39.1 Å². The third-order valence-electron chi connectivity index (χ3n) is 6.09. The van der Waals surface area contributed by atoms with Crippen LogP contribution < -0.4 is 4.74 Å². The van der Waals surface area contributed by atoms with Crippen molar-refractivity contribution >= 4 is 57.2 Å². The predicted molar refractivity (Wildman–Crippen MR) is 122 cm³/mol. The second-order valence-corrected chi connectivity index (χ2v) is 9.66. The highest BCUT2D eigenvalue weighted by Gasteiger charge is 2.59. The largest absolute Gasteiger partial charge is 0.486 e. The minimum absolute atomic E-state index is 0.160. The number of halogens is 3. The zero-order valence-electron chi connectivity index (χ0n) is 16.2. The van der Waals surface area contributed by atoms with Crippen molar-refractivity contribution in [3.8, 4) is 5.75 Å². The van der Waals surface area contributed by atoms with E-state index >= 15 is 0 Å².